The third-order valence-corrected chi connectivity index (χ3v) is 11.1. The first-order chi connectivity index (χ1) is 30.6. The van der Waals surface area contributed by atoms with E-state index in [9.17, 15) is 14.3 Å². The number of phosphoric acid groups is 1. The van der Waals surface area contributed by atoms with Gasteiger partial charge in [-0.25, -0.2) is 4.57 Å². The van der Waals surface area contributed by atoms with Crippen molar-refractivity contribution in [1.29, 1.82) is 0 Å². The molecule has 9 heteroatoms. The summed E-state index contributed by atoms with van der Waals surface area (Å²) in [5.74, 6) is -0.352. The molecule has 2 unspecified atom stereocenters. The number of rotatable bonds is 45. The van der Waals surface area contributed by atoms with Crippen LogP contribution in [0.1, 0.15) is 181 Å². The van der Waals surface area contributed by atoms with Gasteiger partial charge in [0.05, 0.1) is 34.4 Å². The zero-order valence-corrected chi connectivity index (χ0v) is 41.9. The number of ether oxygens (including phenoxy) is 2. The summed E-state index contributed by atoms with van der Waals surface area (Å²) in [4.78, 5) is 23.0. The third-order valence-electron chi connectivity index (χ3n) is 10.1. The Morgan fingerprint density at radius 2 is 0.921 bits per heavy atom. The maximum absolute atomic E-state index is 12.7. The van der Waals surface area contributed by atoms with Gasteiger partial charge in [-0.1, -0.05) is 175 Å². The molecular weight excluding hydrogens is 806 g/mol. The summed E-state index contributed by atoms with van der Waals surface area (Å²) in [5, 5.41) is 0. The molecule has 8 nitrogen and oxygen atoms in total. The molecule has 0 aliphatic carbocycles. The zero-order chi connectivity index (χ0) is 46.2. The van der Waals surface area contributed by atoms with Gasteiger partial charge in [-0.15, -0.1) is 0 Å². The highest BCUT2D eigenvalue weighted by molar-refractivity contribution is 7.47. The molecule has 0 aliphatic rings. The van der Waals surface area contributed by atoms with Crippen LogP contribution in [0, 0.1) is 0 Å². The van der Waals surface area contributed by atoms with Crippen LogP contribution in [0.15, 0.2) is 97.2 Å². The molecule has 0 fully saturated rings. The highest BCUT2D eigenvalue weighted by Crippen LogP contribution is 2.43. The number of nitrogens with zero attached hydrogens (tertiary/aromatic N) is 1. The zero-order valence-electron chi connectivity index (χ0n) is 41.0. The van der Waals surface area contributed by atoms with E-state index in [0.717, 1.165) is 96.3 Å². The molecule has 0 amide bonds. The van der Waals surface area contributed by atoms with E-state index in [-0.39, 0.29) is 32.2 Å². The maximum atomic E-state index is 12.7. The van der Waals surface area contributed by atoms with Crippen molar-refractivity contribution in [2.24, 2.45) is 0 Å². The van der Waals surface area contributed by atoms with Crippen LogP contribution >= 0.6 is 7.82 Å². The second-order valence-electron chi connectivity index (χ2n) is 17.5. The van der Waals surface area contributed by atoms with Crippen molar-refractivity contribution >= 4 is 13.8 Å². The Labute approximate surface area is 387 Å². The van der Waals surface area contributed by atoms with Crippen molar-refractivity contribution < 1.29 is 37.3 Å². The molecule has 0 bridgehead atoms. The SMILES string of the molecule is CC/C=C\C/C=C\C/C=C\C/C=C\C/C=C\CCCCCC(=O)OC(COCCCCCCCCC/C=C\C/C=C\C/C=C\CCCCCCC)COP(=O)(O)OCC[N+](C)(C)C. The number of quaternary nitrogens is 1. The summed E-state index contributed by atoms with van der Waals surface area (Å²) < 4.78 is 35.1. The van der Waals surface area contributed by atoms with E-state index in [1.54, 1.807) is 0 Å². The van der Waals surface area contributed by atoms with Crippen molar-refractivity contribution in [3.05, 3.63) is 97.2 Å². The molecule has 0 radical (unpaired) electrons. The van der Waals surface area contributed by atoms with E-state index >= 15 is 0 Å². The van der Waals surface area contributed by atoms with E-state index in [1.165, 1.54) is 64.2 Å². The lowest BCUT2D eigenvalue weighted by atomic mass is 10.1. The molecule has 0 aromatic rings. The van der Waals surface area contributed by atoms with Crippen molar-refractivity contribution in [2.75, 3.05) is 54.1 Å². The van der Waals surface area contributed by atoms with Gasteiger partial charge in [0, 0.05) is 13.0 Å². The summed E-state index contributed by atoms with van der Waals surface area (Å²) in [6.45, 7) is 5.41. The van der Waals surface area contributed by atoms with Crippen LogP contribution in [-0.4, -0.2) is 75.6 Å². The largest absolute Gasteiger partial charge is 0.472 e. The van der Waals surface area contributed by atoms with Gasteiger partial charge in [0.2, 0.25) is 0 Å². The fraction of sp³-hybridized carbons (Fsp3) is 0.685. The van der Waals surface area contributed by atoms with Crippen LogP contribution in [0.5, 0.6) is 0 Å². The smallest absolute Gasteiger partial charge is 0.457 e. The topological polar surface area (TPSA) is 91.3 Å². The first kappa shape index (κ1) is 60.4. The normalized spacial score (nSPS) is 14.4. The Balaban J connectivity index is 4.28. The minimum atomic E-state index is -4.30. The van der Waals surface area contributed by atoms with Gasteiger partial charge in [0.15, 0.2) is 0 Å². The summed E-state index contributed by atoms with van der Waals surface area (Å²) in [5.41, 5.74) is 0. The van der Waals surface area contributed by atoms with Gasteiger partial charge < -0.3 is 18.9 Å². The average molecular weight is 901 g/mol. The Kier molecular flexibility index (Phi) is 44.1. The average Bonchev–Trinajstić information content (AvgIpc) is 3.24. The van der Waals surface area contributed by atoms with Gasteiger partial charge in [0.25, 0.3) is 0 Å². The predicted molar refractivity (Wildman–Crippen MR) is 270 cm³/mol. The lowest BCUT2D eigenvalue weighted by Crippen LogP contribution is -2.37. The minimum absolute atomic E-state index is 0.0740. The van der Waals surface area contributed by atoms with E-state index < -0.39 is 13.9 Å². The standard InChI is InChI=1S/C54H94NO7P/c1-6-8-10-12-14-16-18-20-22-24-26-27-28-30-32-34-36-38-40-42-44-46-49-59-51-53(52-61-63(57,58)60-50-48-55(3,4)5)62-54(56)47-45-43-41-39-37-35-33-31-29-25-23-21-19-17-15-13-11-9-7-2/h9,11,15,17-18,20-21,23-24,26,28-31,35,37,53H,6-8,10,12-14,16,19,22,25,27,32-34,36,38-52H2,1-5H3/p+1/b11-9-,17-15-,20-18-,23-21-,26-24-,30-28-,31-29-,37-35-. The number of carbonyl (C=O) groups excluding carboxylic acids is 1. The van der Waals surface area contributed by atoms with Crippen LogP contribution in [0.2, 0.25) is 0 Å². The lowest BCUT2D eigenvalue weighted by molar-refractivity contribution is -0.870. The second kappa shape index (κ2) is 46.0. The number of likely N-dealkylation sites (N-methyl/N-ethyl adjacent to an activating group) is 1. The highest BCUT2D eigenvalue weighted by atomic mass is 31.2. The van der Waals surface area contributed by atoms with Crippen LogP contribution in [0.4, 0.5) is 0 Å². The first-order valence-electron chi connectivity index (χ1n) is 25.0. The number of unbranched alkanes of at least 4 members (excludes halogenated alkanes) is 15. The second-order valence-corrected chi connectivity index (χ2v) is 18.9. The van der Waals surface area contributed by atoms with Crippen LogP contribution in [0.3, 0.4) is 0 Å². The Morgan fingerprint density at radius 3 is 1.38 bits per heavy atom. The minimum Gasteiger partial charge on any atom is -0.457 e. The summed E-state index contributed by atoms with van der Waals surface area (Å²) in [6.07, 6.45) is 63.1. The summed E-state index contributed by atoms with van der Waals surface area (Å²) in [7, 11) is 1.62. The monoisotopic (exact) mass is 901 g/mol. The molecule has 362 valence electrons. The fourth-order valence-electron chi connectivity index (χ4n) is 6.29. The van der Waals surface area contributed by atoms with E-state index in [1.807, 2.05) is 21.1 Å². The number of hydrogen-bond acceptors (Lipinski definition) is 6. The number of esters is 1. The number of hydrogen-bond donors (Lipinski definition) is 1. The van der Waals surface area contributed by atoms with Gasteiger partial charge >= 0.3 is 13.8 Å². The molecule has 1 N–H and O–H groups in total. The van der Waals surface area contributed by atoms with Gasteiger partial charge in [0.1, 0.15) is 19.3 Å². The summed E-state index contributed by atoms with van der Waals surface area (Å²) >= 11 is 0. The van der Waals surface area contributed by atoms with Crippen molar-refractivity contribution in [1.82, 2.24) is 0 Å². The number of phosphoric ester groups is 1. The molecule has 0 aromatic heterocycles. The number of carbonyl (C=O) groups is 1. The van der Waals surface area contributed by atoms with E-state index in [0.29, 0.717) is 17.6 Å². The molecule has 0 saturated carbocycles. The molecule has 0 aliphatic heterocycles. The molecule has 0 saturated heterocycles. The molecule has 63 heavy (non-hydrogen) atoms. The Morgan fingerprint density at radius 1 is 0.508 bits per heavy atom. The molecule has 0 aromatic carbocycles. The van der Waals surface area contributed by atoms with E-state index in [4.69, 9.17) is 18.5 Å². The number of allylic oxidation sites excluding steroid dienone is 16. The van der Waals surface area contributed by atoms with Crippen molar-refractivity contribution in [2.45, 2.75) is 187 Å². The molecule has 2 atom stereocenters. The van der Waals surface area contributed by atoms with Crippen LogP contribution in [-0.2, 0) is 27.9 Å². The van der Waals surface area contributed by atoms with Crippen molar-refractivity contribution in [3.8, 4) is 0 Å². The lowest BCUT2D eigenvalue weighted by Gasteiger charge is -2.24. The highest BCUT2D eigenvalue weighted by Gasteiger charge is 2.26. The van der Waals surface area contributed by atoms with E-state index in [2.05, 4.69) is 111 Å². The maximum Gasteiger partial charge on any atom is 0.472 e. The van der Waals surface area contributed by atoms with Crippen LogP contribution < -0.4 is 0 Å². The first-order valence-corrected chi connectivity index (χ1v) is 26.5. The fourth-order valence-corrected chi connectivity index (χ4v) is 7.03. The van der Waals surface area contributed by atoms with Crippen LogP contribution in [0.25, 0.3) is 0 Å². The Bertz CT molecular complexity index is 1320. The molecule has 0 spiro atoms. The quantitative estimate of drug-likeness (QED) is 0.0214. The predicted octanol–water partition coefficient (Wildman–Crippen LogP) is 15.4. The van der Waals surface area contributed by atoms with Gasteiger partial charge in [-0.05, 0) is 96.3 Å². The van der Waals surface area contributed by atoms with Gasteiger partial charge in [-0.2, -0.15) is 0 Å². The molecular formula is C54H95NO7P+. The van der Waals surface area contributed by atoms with Crippen molar-refractivity contribution in [3.63, 3.8) is 0 Å². The molecule has 0 rings (SSSR count). The van der Waals surface area contributed by atoms with Gasteiger partial charge in [-0.3, -0.25) is 13.8 Å². The third kappa shape index (κ3) is 50.3. The molecule has 0 heterocycles. The Hall–Kier alpha value is -2.58. The summed E-state index contributed by atoms with van der Waals surface area (Å²) in [6, 6.07) is 0.